The molecule has 6 rings (SSSR count). The molecule has 0 spiro atoms. The van der Waals surface area contributed by atoms with Crippen molar-refractivity contribution >= 4 is 27.8 Å². The van der Waals surface area contributed by atoms with Gasteiger partial charge in [-0.1, -0.05) is 88.8 Å². The Balaban J connectivity index is 1.62. The predicted molar refractivity (Wildman–Crippen MR) is 171 cm³/mol. The van der Waals surface area contributed by atoms with Crippen LogP contribution in [0.2, 0.25) is 0 Å². The number of ether oxygens (including phenoxy) is 1. The third-order valence-corrected chi connectivity index (χ3v) is 9.24. The van der Waals surface area contributed by atoms with E-state index in [-0.39, 0.29) is 5.97 Å². The first-order valence-electron chi connectivity index (χ1n) is 15.9. The summed E-state index contributed by atoms with van der Waals surface area (Å²) in [5, 5.41) is 2.24. The Kier molecular flexibility index (Phi) is 7.94. The van der Waals surface area contributed by atoms with E-state index in [1.807, 2.05) is 12.1 Å². The van der Waals surface area contributed by atoms with Gasteiger partial charge in [-0.2, -0.15) is 0 Å². The Morgan fingerprint density at radius 2 is 1.24 bits per heavy atom. The van der Waals surface area contributed by atoms with Crippen LogP contribution in [-0.2, 0) is 23.4 Å². The predicted octanol–water partition coefficient (Wildman–Crippen LogP) is 9.23. The van der Waals surface area contributed by atoms with E-state index in [0.717, 1.165) is 65.6 Å². The van der Waals surface area contributed by atoms with Crippen LogP contribution in [0.15, 0.2) is 66.9 Å². The van der Waals surface area contributed by atoms with Crippen LogP contribution >= 0.6 is 0 Å². The van der Waals surface area contributed by atoms with Gasteiger partial charge >= 0.3 is 5.97 Å². The van der Waals surface area contributed by atoms with Gasteiger partial charge in [0.1, 0.15) is 5.69 Å². The number of rotatable bonds is 12. The highest BCUT2D eigenvalue weighted by atomic mass is 16.6. The standard InChI is InChI=1S/C37H43N3O2/c1-5-7-9-10-11-16-25-40-27(4)34(29-19-13-15-22-32(29)40)37(35-30(36(41)42-37)20-17-23-38-35)33-26(3)39(24-8-6-2)31-21-14-12-18-28(31)33/h12-15,17-23H,5-11,16,24-25H2,1-4H3. The van der Waals surface area contributed by atoms with Crippen LogP contribution in [0.3, 0.4) is 0 Å². The van der Waals surface area contributed by atoms with Gasteiger partial charge < -0.3 is 13.9 Å². The van der Waals surface area contributed by atoms with E-state index in [4.69, 9.17) is 9.72 Å². The van der Waals surface area contributed by atoms with Crippen LogP contribution in [-0.4, -0.2) is 20.1 Å². The molecule has 2 aromatic carbocycles. The molecule has 5 aromatic rings. The average molecular weight is 562 g/mol. The topological polar surface area (TPSA) is 49.0 Å². The molecule has 1 aliphatic heterocycles. The summed E-state index contributed by atoms with van der Waals surface area (Å²) < 4.78 is 11.6. The van der Waals surface area contributed by atoms with Crippen molar-refractivity contribution in [3.8, 4) is 0 Å². The molecule has 0 N–H and O–H groups in total. The molecule has 0 amide bonds. The highest BCUT2D eigenvalue weighted by Crippen LogP contribution is 2.53. The number of esters is 1. The minimum atomic E-state index is -1.15. The van der Waals surface area contributed by atoms with Crippen LogP contribution < -0.4 is 0 Å². The van der Waals surface area contributed by atoms with Crippen LogP contribution in [0.5, 0.6) is 0 Å². The van der Waals surface area contributed by atoms with E-state index >= 15 is 0 Å². The van der Waals surface area contributed by atoms with Gasteiger partial charge in [0.2, 0.25) is 5.60 Å². The number of aromatic nitrogens is 3. The average Bonchev–Trinajstić information content (AvgIpc) is 3.58. The summed E-state index contributed by atoms with van der Waals surface area (Å²) in [6, 6.07) is 20.9. The Hall–Kier alpha value is -3.86. The molecule has 0 bridgehead atoms. The number of para-hydroxylation sites is 2. The van der Waals surface area contributed by atoms with E-state index < -0.39 is 5.60 Å². The number of hydrogen-bond acceptors (Lipinski definition) is 3. The summed E-state index contributed by atoms with van der Waals surface area (Å²) >= 11 is 0. The summed E-state index contributed by atoms with van der Waals surface area (Å²) in [7, 11) is 0. The smallest absolute Gasteiger partial charge is 0.341 e. The van der Waals surface area contributed by atoms with Gasteiger partial charge in [0.05, 0.1) is 5.56 Å². The van der Waals surface area contributed by atoms with Gasteiger partial charge in [-0.15, -0.1) is 0 Å². The number of benzene rings is 2. The van der Waals surface area contributed by atoms with Gasteiger partial charge in [-0.05, 0) is 51.0 Å². The van der Waals surface area contributed by atoms with Gasteiger partial charge in [0.25, 0.3) is 0 Å². The zero-order chi connectivity index (χ0) is 29.3. The molecule has 0 radical (unpaired) electrons. The minimum absolute atomic E-state index is 0.310. The summed E-state index contributed by atoms with van der Waals surface area (Å²) in [5.74, 6) is -0.310. The lowest BCUT2D eigenvalue weighted by molar-refractivity contribution is 0.0247. The third-order valence-electron chi connectivity index (χ3n) is 9.24. The highest BCUT2D eigenvalue weighted by molar-refractivity contribution is 6.00. The number of cyclic esters (lactones) is 1. The van der Waals surface area contributed by atoms with E-state index in [0.29, 0.717) is 11.3 Å². The largest absolute Gasteiger partial charge is 0.439 e. The first-order chi connectivity index (χ1) is 20.5. The molecule has 4 heterocycles. The monoisotopic (exact) mass is 561 g/mol. The lowest BCUT2D eigenvalue weighted by atomic mass is 9.80. The SMILES string of the molecule is CCCCCCCCn1c(C)c(C2(c3c(C)n(CCCC)c4ccccc34)OC(=O)c3cccnc32)c2ccccc21. The Labute approximate surface area is 249 Å². The van der Waals surface area contributed by atoms with Gasteiger partial charge in [-0.25, -0.2) is 4.79 Å². The first-order valence-corrected chi connectivity index (χ1v) is 15.9. The molecule has 5 nitrogen and oxygen atoms in total. The summed E-state index contributed by atoms with van der Waals surface area (Å²) in [6.45, 7) is 10.7. The molecule has 0 saturated heterocycles. The normalized spacial score (nSPS) is 16.4. The fourth-order valence-corrected chi connectivity index (χ4v) is 7.25. The third kappa shape index (κ3) is 4.45. The molecule has 1 unspecified atom stereocenters. The van der Waals surface area contributed by atoms with Gasteiger partial charge in [0, 0.05) is 63.6 Å². The molecule has 0 saturated carbocycles. The molecule has 1 aliphatic rings. The molecular formula is C37H43N3O2. The zero-order valence-corrected chi connectivity index (χ0v) is 25.6. The molecule has 5 heteroatoms. The number of aryl methyl sites for hydroxylation is 2. The molecule has 218 valence electrons. The van der Waals surface area contributed by atoms with E-state index in [2.05, 4.69) is 85.4 Å². The fourth-order valence-electron chi connectivity index (χ4n) is 7.25. The van der Waals surface area contributed by atoms with Gasteiger partial charge in [-0.3, -0.25) is 4.98 Å². The Bertz CT molecular complexity index is 1740. The van der Waals surface area contributed by atoms with Crippen molar-refractivity contribution in [3.63, 3.8) is 0 Å². The van der Waals surface area contributed by atoms with Crippen molar-refractivity contribution < 1.29 is 9.53 Å². The minimum Gasteiger partial charge on any atom is -0.439 e. The number of unbranched alkanes of at least 4 members (excludes halogenated alkanes) is 6. The molecule has 42 heavy (non-hydrogen) atoms. The Morgan fingerprint density at radius 3 is 1.86 bits per heavy atom. The number of hydrogen-bond donors (Lipinski definition) is 0. The number of fused-ring (bicyclic) bond motifs is 3. The van der Waals surface area contributed by atoms with Crippen molar-refractivity contribution in [3.05, 3.63) is 101 Å². The van der Waals surface area contributed by atoms with Crippen LogP contribution in [0.25, 0.3) is 21.8 Å². The second-order valence-corrected chi connectivity index (χ2v) is 11.8. The summed E-state index contributed by atoms with van der Waals surface area (Å²) in [4.78, 5) is 18.7. The van der Waals surface area contributed by atoms with Crippen molar-refractivity contribution in [2.45, 2.75) is 97.8 Å². The second kappa shape index (κ2) is 11.8. The lowest BCUT2D eigenvalue weighted by Gasteiger charge is -2.30. The maximum atomic E-state index is 13.7. The van der Waals surface area contributed by atoms with Crippen LogP contribution in [0, 0.1) is 13.8 Å². The van der Waals surface area contributed by atoms with Crippen molar-refractivity contribution in [1.29, 1.82) is 0 Å². The molecular weight excluding hydrogens is 518 g/mol. The first kappa shape index (κ1) is 28.3. The maximum absolute atomic E-state index is 13.7. The number of nitrogens with zero attached hydrogens (tertiary/aromatic N) is 3. The number of carbonyl (C=O) groups is 1. The van der Waals surface area contributed by atoms with Crippen LogP contribution in [0.1, 0.15) is 104 Å². The number of pyridine rings is 1. The van der Waals surface area contributed by atoms with Crippen LogP contribution in [0.4, 0.5) is 0 Å². The lowest BCUT2D eigenvalue weighted by Crippen LogP contribution is -2.32. The van der Waals surface area contributed by atoms with Gasteiger partial charge in [0.15, 0.2) is 0 Å². The second-order valence-electron chi connectivity index (χ2n) is 11.8. The number of carbonyl (C=O) groups excluding carboxylic acids is 1. The molecule has 1 atom stereocenters. The molecule has 0 aliphatic carbocycles. The quantitative estimate of drug-likeness (QED) is 0.113. The molecule has 0 fully saturated rings. The van der Waals surface area contributed by atoms with Crippen molar-refractivity contribution in [2.24, 2.45) is 0 Å². The molecule has 3 aromatic heterocycles. The maximum Gasteiger partial charge on any atom is 0.341 e. The van der Waals surface area contributed by atoms with Crippen molar-refractivity contribution in [2.75, 3.05) is 0 Å². The summed E-state index contributed by atoms with van der Waals surface area (Å²) in [6.07, 6.45) is 11.5. The zero-order valence-electron chi connectivity index (χ0n) is 25.6. The summed E-state index contributed by atoms with van der Waals surface area (Å²) in [5.41, 5.74) is 6.80. The van der Waals surface area contributed by atoms with E-state index in [9.17, 15) is 4.79 Å². The highest BCUT2D eigenvalue weighted by Gasteiger charge is 2.54. The van der Waals surface area contributed by atoms with Crippen molar-refractivity contribution in [1.82, 2.24) is 14.1 Å². The van der Waals surface area contributed by atoms with E-state index in [1.54, 1.807) is 6.20 Å². The van der Waals surface area contributed by atoms with E-state index in [1.165, 1.54) is 43.1 Å². The Morgan fingerprint density at radius 1 is 0.690 bits per heavy atom. The fraction of sp³-hybridized carbons (Fsp3) is 0.405.